The monoisotopic (exact) mass is 1050 g/mol. The number of unbranched alkanes of at least 4 members (excludes halogenated alkanes) is 6. The van der Waals surface area contributed by atoms with Crippen molar-refractivity contribution in [2.75, 3.05) is 0 Å². The van der Waals surface area contributed by atoms with Gasteiger partial charge in [-0.2, -0.15) is 0 Å². The molecule has 0 spiro atoms. The predicted molar refractivity (Wildman–Crippen MR) is 215 cm³/mol. The molecule has 0 radical (unpaired) electrons. The van der Waals surface area contributed by atoms with Crippen LogP contribution in [0.15, 0.2) is 0 Å². The third kappa shape index (κ3) is 8.76. The van der Waals surface area contributed by atoms with E-state index in [-0.39, 0.29) is 26.6 Å². The summed E-state index contributed by atoms with van der Waals surface area (Å²) >= 11 is -9.75. The van der Waals surface area contributed by atoms with Crippen LogP contribution >= 0.6 is 0 Å². The molecule has 0 N–H and O–H groups in total. The summed E-state index contributed by atoms with van der Waals surface area (Å²) in [6, 6.07) is 0. The zero-order valence-electron chi connectivity index (χ0n) is 34.3. The Bertz CT molecular complexity index is 1920. The van der Waals surface area contributed by atoms with Gasteiger partial charge in [-0.3, -0.25) is 0 Å². The molecule has 14 heteroatoms. The molecule has 322 valence electrons. The summed E-state index contributed by atoms with van der Waals surface area (Å²) in [4.78, 5) is 0. The molecular weight excluding hydrogens is 994 g/mol. The average molecular weight is 1050 g/mol. The number of hydrogen-bond acceptors (Lipinski definition) is 0. The summed E-state index contributed by atoms with van der Waals surface area (Å²) in [5, 5.41) is -6.18. The quantitative estimate of drug-likeness (QED) is 0.0338. The Hall–Kier alpha value is -1.84. The summed E-state index contributed by atoms with van der Waals surface area (Å²) in [6.07, 6.45) is 5.83. The van der Waals surface area contributed by atoms with E-state index >= 15 is 52.7 Å². The van der Waals surface area contributed by atoms with Gasteiger partial charge in [0.1, 0.15) is 0 Å². The molecule has 0 amide bonds. The first-order valence-corrected chi connectivity index (χ1v) is 35.8. The van der Waals surface area contributed by atoms with Gasteiger partial charge < -0.3 is 0 Å². The molecule has 0 aliphatic carbocycles. The van der Waals surface area contributed by atoms with Gasteiger partial charge in [-0.05, 0) is 0 Å². The van der Waals surface area contributed by atoms with E-state index in [1.807, 2.05) is 41.5 Å². The molecule has 0 aromatic heterocycles. The SMILES string of the molecule is CCC[CH2][Sn]([CH2]CCC)([CH2]CCC)[c]1c(F)c(F)c2c(F)c(F)c(F)c(F)c2c1-c1[c]([Sn]([CH2]CCC)([CH2]CCC)[CH2]CCC)c(F)c(F)c2c(F)c(F)c(F)c(F)c12. The number of hydrogen-bond donors (Lipinski definition) is 0. The topological polar surface area (TPSA) is 0 Å². The maximum atomic E-state index is 17.7. The van der Waals surface area contributed by atoms with Crippen LogP contribution in [0, 0.1) is 69.8 Å². The van der Waals surface area contributed by atoms with Crippen LogP contribution in [-0.2, 0) is 0 Å². The second-order valence-corrected chi connectivity index (χ2v) is 42.0. The maximum absolute atomic E-state index is 17.7. The molecule has 0 nitrogen and oxygen atoms in total. The zero-order chi connectivity index (χ0) is 43.3. The molecule has 0 unspecified atom stereocenters. The van der Waals surface area contributed by atoms with E-state index in [2.05, 4.69) is 0 Å². The standard InChI is InChI=1S/C20F12.6C4H9.2Sn/c21-5-1-3(7-9(11(5)23)15(27)19(31)17(29)13(7)25)4-2-6(22)12(24)10-8(4)14(26)18(30)20(32)16(10)28;6*1-3-4-2;;/h;6*1,3-4H2,2H3;;. The molecule has 0 fully saturated rings. The number of fused-ring (bicyclic) bond motifs is 2. The van der Waals surface area contributed by atoms with Crippen LogP contribution in [0.4, 0.5) is 52.7 Å². The molecule has 0 saturated carbocycles. The second kappa shape index (κ2) is 20.8. The van der Waals surface area contributed by atoms with Crippen molar-refractivity contribution in [3.63, 3.8) is 0 Å². The van der Waals surface area contributed by atoms with Crippen molar-refractivity contribution in [2.45, 2.75) is 145 Å². The molecule has 4 aromatic carbocycles. The van der Waals surface area contributed by atoms with Crippen LogP contribution in [0.2, 0.25) is 26.6 Å². The van der Waals surface area contributed by atoms with Gasteiger partial charge in [0.05, 0.1) is 0 Å². The third-order valence-corrected chi connectivity index (χ3v) is 43.3. The summed E-state index contributed by atoms with van der Waals surface area (Å²) < 4.78 is 197. The van der Waals surface area contributed by atoms with Crippen molar-refractivity contribution >= 4 is 65.5 Å². The zero-order valence-corrected chi connectivity index (χ0v) is 40.0. The predicted octanol–water partition coefficient (Wildman–Crippen LogP) is 15.4. The van der Waals surface area contributed by atoms with Crippen LogP contribution in [0.5, 0.6) is 0 Å². The molecule has 0 bridgehead atoms. The van der Waals surface area contributed by atoms with E-state index in [0.717, 1.165) is 0 Å². The molecule has 0 heterocycles. The van der Waals surface area contributed by atoms with Crippen molar-refractivity contribution in [3.05, 3.63) is 69.8 Å². The Labute approximate surface area is 342 Å². The van der Waals surface area contributed by atoms with Crippen molar-refractivity contribution in [3.8, 4) is 11.1 Å². The molecule has 0 aliphatic rings. The minimum absolute atomic E-state index is 0.251. The molecule has 0 atom stereocenters. The Balaban J connectivity index is 2.66. The fraction of sp³-hybridized carbons (Fsp3) is 0.545. The first-order valence-electron chi connectivity index (χ1n) is 20.9. The third-order valence-electron chi connectivity index (χ3n) is 12.2. The fourth-order valence-corrected chi connectivity index (χ4v) is 43.1. The molecule has 58 heavy (non-hydrogen) atoms. The van der Waals surface area contributed by atoms with E-state index in [1.54, 1.807) is 0 Å². The molecule has 4 aromatic rings. The molecular formula is C44H54F12Sn2. The minimum atomic E-state index is -4.88. The first-order chi connectivity index (χ1) is 27.5. The van der Waals surface area contributed by atoms with E-state index in [4.69, 9.17) is 0 Å². The Kier molecular flexibility index (Phi) is 17.5. The van der Waals surface area contributed by atoms with Gasteiger partial charge in [0.15, 0.2) is 0 Å². The van der Waals surface area contributed by atoms with Gasteiger partial charge in [-0.1, -0.05) is 0 Å². The summed E-state index contributed by atoms with van der Waals surface area (Å²) in [7, 11) is 0. The van der Waals surface area contributed by atoms with Crippen molar-refractivity contribution in [1.29, 1.82) is 0 Å². The number of rotatable bonds is 21. The van der Waals surface area contributed by atoms with Crippen LogP contribution in [0.1, 0.15) is 119 Å². The summed E-state index contributed by atoms with van der Waals surface area (Å²) in [5.41, 5.74) is -1.87. The van der Waals surface area contributed by atoms with E-state index in [9.17, 15) is 0 Å². The Morgan fingerprint density at radius 2 is 0.448 bits per heavy atom. The van der Waals surface area contributed by atoms with Gasteiger partial charge in [-0.25, -0.2) is 0 Å². The van der Waals surface area contributed by atoms with Crippen LogP contribution in [0.25, 0.3) is 32.7 Å². The normalized spacial score (nSPS) is 12.5. The molecule has 4 rings (SSSR count). The average Bonchev–Trinajstić information content (AvgIpc) is 3.22. The Morgan fingerprint density at radius 1 is 0.259 bits per heavy atom. The van der Waals surface area contributed by atoms with Gasteiger partial charge in [0, 0.05) is 0 Å². The molecule has 0 aliphatic heterocycles. The number of halogens is 12. The number of benzene rings is 4. The van der Waals surface area contributed by atoms with E-state index in [1.165, 1.54) is 0 Å². The van der Waals surface area contributed by atoms with Crippen molar-refractivity contribution in [1.82, 2.24) is 0 Å². The van der Waals surface area contributed by atoms with E-state index < -0.39 is 146 Å². The second-order valence-electron chi connectivity index (χ2n) is 15.9. The van der Waals surface area contributed by atoms with E-state index in [0.29, 0.717) is 77.0 Å². The Morgan fingerprint density at radius 3 is 0.655 bits per heavy atom. The van der Waals surface area contributed by atoms with Gasteiger partial charge in [0.2, 0.25) is 0 Å². The van der Waals surface area contributed by atoms with Crippen molar-refractivity contribution < 1.29 is 52.7 Å². The fourth-order valence-electron chi connectivity index (χ4n) is 9.14. The van der Waals surface area contributed by atoms with Gasteiger partial charge in [-0.15, -0.1) is 0 Å². The van der Waals surface area contributed by atoms with Crippen LogP contribution in [0.3, 0.4) is 0 Å². The summed E-state index contributed by atoms with van der Waals surface area (Å²) in [6.45, 7) is 11.1. The van der Waals surface area contributed by atoms with Gasteiger partial charge in [0.25, 0.3) is 0 Å². The summed E-state index contributed by atoms with van der Waals surface area (Å²) in [5.74, 6) is -26.5. The van der Waals surface area contributed by atoms with Crippen LogP contribution in [-0.4, -0.2) is 36.8 Å². The van der Waals surface area contributed by atoms with Crippen molar-refractivity contribution in [2.24, 2.45) is 0 Å². The van der Waals surface area contributed by atoms with Gasteiger partial charge >= 0.3 is 344 Å². The molecule has 0 saturated heterocycles. The van der Waals surface area contributed by atoms with Crippen LogP contribution < -0.4 is 7.16 Å². The first kappa shape index (κ1) is 48.8.